The Kier molecular flexibility index (Phi) is 11.5. The fourth-order valence-electron chi connectivity index (χ4n) is 11.0. The first-order valence-corrected chi connectivity index (χ1v) is 24.8. The minimum atomic E-state index is -1.08. The van der Waals surface area contributed by atoms with E-state index in [0.717, 1.165) is 28.0 Å². The Morgan fingerprint density at radius 3 is 2.29 bits per heavy atom. The first-order valence-electron chi connectivity index (χ1n) is 24.0. The summed E-state index contributed by atoms with van der Waals surface area (Å²) in [4.78, 5) is 29.1. The zero-order chi connectivity index (χ0) is 49.5. The van der Waals surface area contributed by atoms with Gasteiger partial charge in [-0.15, -0.1) is 11.3 Å². The van der Waals surface area contributed by atoms with Crippen molar-refractivity contribution in [3.05, 3.63) is 102 Å². The van der Waals surface area contributed by atoms with Crippen LogP contribution in [0, 0.1) is 25.7 Å². The summed E-state index contributed by atoms with van der Waals surface area (Å²) in [6.45, 7) is 8.33. The summed E-state index contributed by atoms with van der Waals surface area (Å²) < 4.78 is 43.4. The van der Waals surface area contributed by atoms with Gasteiger partial charge in [-0.1, -0.05) is 0 Å². The van der Waals surface area contributed by atoms with Crippen molar-refractivity contribution in [1.82, 2.24) is 29.9 Å². The van der Waals surface area contributed by atoms with Crippen LogP contribution >= 0.6 is 11.3 Å². The number of aliphatic hydroxyl groups excluding tert-OH is 3. The Morgan fingerprint density at radius 2 is 1.60 bits per heavy atom. The number of benzene rings is 1. The summed E-state index contributed by atoms with van der Waals surface area (Å²) in [5, 5.41) is 49.2. The summed E-state index contributed by atoms with van der Waals surface area (Å²) >= 11 is 1.47. The van der Waals surface area contributed by atoms with Gasteiger partial charge in [0.15, 0.2) is 22.7 Å². The van der Waals surface area contributed by atoms with Crippen molar-refractivity contribution in [2.24, 2.45) is 11.8 Å². The van der Waals surface area contributed by atoms with Gasteiger partial charge in [0.25, 0.3) is 0 Å². The van der Waals surface area contributed by atoms with E-state index in [1.54, 1.807) is 25.8 Å². The number of nitrogens with one attached hydrogen (secondary N) is 4. The number of methoxy groups -OCH3 is 1. The van der Waals surface area contributed by atoms with Crippen molar-refractivity contribution in [2.75, 3.05) is 35.0 Å². The molecule has 8 aromatic rings. The van der Waals surface area contributed by atoms with Gasteiger partial charge in [-0.25, -0.2) is 15.0 Å². The number of anilines is 4. The van der Waals surface area contributed by atoms with Gasteiger partial charge >= 0.3 is 0 Å². The summed E-state index contributed by atoms with van der Waals surface area (Å²) in [5.74, 6) is 2.58. The van der Waals surface area contributed by atoms with Gasteiger partial charge in [0.1, 0.15) is 51.9 Å². The molecule has 1 saturated heterocycles. The second-order valence-electron chi connectivity index (χ2n) is 19.4. The number of aromatic nitrogens is 6. The average molecular weight is 999 g/mol. The van der Waals surface area contributed by atoms with E-state index in [9.17, 15) is 15.3 Å². The lowest BCUT2D eigenvalue weighted by Crippen LogP contribution is -2.50. The Morgan fingerprint density at radius 1 is 0.861 bits per heavy atom. The molecular weight excluding hydrogens is 945 g/mol. The molecule has 4 fully saturated rings. The highest BCUT2D eigenvalue weighted by molar-refractivity contribution is 7.21. The molecule has 3 aliphatic carbocycles. The fraction of sp³-hybridized carbons (Fsp3) is 0.412. The lowest BCUT2D eigenvalue weighted by molar-refractivity contribution is -0.166. The second-order valence-corrected chi connectivity index (χ2v) is 20.5. The number of pyridine rings is 1. The quantitative estimate of drug-likeness (QED) is 0.0464. The highest BCUT2D eigenvalue weighted by Gasteiger charge is 2.85. The number of nitrogens with zero attached hydrogens (tertiary/aromatic N) is 6. The van der Waals surface area contributed by atoms with Gasteiger partial charge in [0.05, 0.1) is 89.0 Å². The van der Waals surface area contributed by atoms with Crippen LogP contribution < -0.4 is 26.0 Å². The predicted octanol–water partition coefficient (Wildman–Crippen LogP) is 7.54. The van der Waals surface area contributed by atoms with Crippen LogP contribution in [-0.2, 0) is 33.9 Å². The molecule has 1 aromatic carbocycles. The second kappa shape index (κ2) is 17.8. The molecule has 12 rings (SSSR count). The normalized spacial score (nSPS) is 26.0. The minimum Gasteiger partial charge on any atom is -0.487 e. The Balaban J connectivity index is 0.829. The number of ether oxygens (including phenoxy) is 4. The van der Waals surface area contributed by atoms with E-state index in [0.29, 0.717) is 112 Å². The number of furan rings is 3. The van der Waals surface area contributed by atoms with Crippen molar-refractivity contribution in [3.8, 4) is 27.6 Å². The molecule has 8 heterocycles. The maximum Gasteiger partial charge on any atom is 0.225 e. The van der Waals surface area contributed by atoms with Crippen LogP contribution in [0.3, 0.4) is 0 Å². The largest absolute Gasteiger partial charge is 0.487 e. The average Bonchev–Trinajstić information content (AvgIpc) is 4.17. The third-order valence-electron chi connectivity index (χ3n) is 14.2. The standard InChI is InChI=1S/C51H54N10O10S/c1-25-39(36-18-27-16-29(24-65-5)52-22-37(27)69-36)44(59-47(55-25)53-20-31-8-6-14-66-31)57-35-17-28(23-62)42(41(35)63)68-30-10-11-38-34(19-30)58-46(72-38)40-26(2)56-48(54-21-32-9-7-15-67-32)60-45(40)61-50-13-12-33-43(64)51(33,50)71-49(3,4)70-50/h6-11,14-16,18-19,22,28,33,35,41-43,62-64H,12-13,17,20-21,23-24H2,1-5H3,(H2,53,55,57,59)(H2,54,56,60,61). The monoisotopic (exact) mass is 998 g/mol. The van der Waals surface area contributed by atoms with Crippen molar-refractivity contribution >= 4 is 56.1 Å². The summed E-state index contributed by atoms with van der Waals surface area (Å²) in [6.07, 6.45) is 4.02. The number of hydrogen-bond acceptors (Lipinski definition) is 21. The van der Waals surface area contributed by atoms with Crippen LogP contribution in [0.25, 0.3) is 43.1 Å². The summed E-state index contributed by atoms with van der Waals surface area (Å²) in [7, 11) is 1.62. The highest BCUT2D eigenvalue weighted by atomic mass is 32.1. The Bertz CT molecular complexity index is 3290. The van der Waals surface area contributed by atoms with E-state index in [-0.39, 0.29) is 12.5 Å². The first-order chi connectivity index (χ1) is 34.8. The van der Waals surface area contributed by atoms with Gasteiger partial charge in [-0.2, -0.15) is 9.97 Å². The summed E-state index contributed by atoms with van der Waals surface area (Å²) in [6, 6.07) is 16.2. The third kappa shape index (κ3) is 8.08. The molecule has 374 valence electrons. The number of thiazole rings is 1. The molecule has 8 unspecified atom stereocenters. The van der Waals surface area contributed by atoms with Crippen LogP contribution in [0.4, 0.5) is 23.5 Å². The highest BCUT2D eigenvalue weighted by Crippen LogP contribution is 2.70. The molecule has 4 aliphatic rings. The molecule has 72 heavy (non-hydrogen) atoms. The molecule has 20 nitrogen and oxygen atoms in total. The summed E-state index contributed by atoms with van der Waals surface area (Å²) in [5.41, 5.74) is 2.59. The van der Waals surface area contributed by atoms with Crippen LogP contribution in [0.2, 0.25) is 0 Å². The van der Waals surface area contributed by atoms with E-state index < -0.39 is 47.4 Å². The molecule has 0 amide bonds. The van der Waals surface area contributed by atoms with E-state index in [1.165, 1.54) is 11.3 Å². The molecule has 1 aliphatic heterocycles. The topological polar surface area (TPSA) is 262 Å². The molecule has 21 heteroatoms. The van der Waals surface area contributed by atoms with Crippen LogP contribution in [0.15, 0.2) is 86.6 Å². The lowest BCUT2D eigenvalue weighted by atomic mass is 10.0. The number of fused-ring (bicyclic) bond motifs is 2. The van der Waals surface area contributed by atoms with Gasteiger partial charge in [0.2, 0.25) is 11.9 Å². The van der Waals surface area contributed by atoms with Gasteiger partial charge in [0, 0.05) is 37.0 Å². The Hall–Kier alpha value is -6.72. The number of aryl methyl sites for hydroxylation is 2. The molecule has 7 N–H and O–H groups in total. The molecule has 0 radical (unpaired) electrons. The van der Waals surface area contributed by atoms with E-state index in [1.807, 2.05) is 82.3 Å². The maximum absolute atomic E-state index is 12.1. The van der Waals surface area contributed by atoms with Crippen LogP contribution in [-0.4, -0.2) is 100 Å². The van der Waals surface area contributed by atoms with E-state index in [4.69, 9.17) is 57.1 Å². The first kappa shape index (κ1) is 46.4. The van der Waals surface area contributed by atoms with Crippen molar-refractivity contribution in [3.63, 3.8) is 0 Å². The third-order valence-corrected chi connectivity index (χ3v) is 15.3. The predicted molar refractivity (Wildman–Crippen MR) is 265 cm³/mol. The van der Waals surface area contributed by atoms with Gasteiger partial charge in [-0.05, 0) is 95.5 Å². The zero-order valence-corrected chi connectivity index (χ0v) is 40.9. The number of hydrogen-bond donors (Lipinski definition) is 7. The van der Waals surface area contributed by atoms with Crippen molar-refractivity contribution in [2.45, 2.75) is 108 Å². The van der Waals surface area contributed by atoms with Gasteiger partial charge < -0.3 is 68.8 Å². The van der Waals surface area contributed by atoms with E-state index >= 15 is 0 Å². The SMILES string of the molecule is COCc1cc2cc(-c3c(C)nc(NCc4ccco4)nc3NC3CC(CO)C(Oc4ccc5sc(-c6c(C)nc(NCc7ccco7)nc6NC67CCC8C(O)C86OC(C)(C)O7)nc5c4)C3O)oc2cn1. The van der Waals surface area contributed by atoms with Crippen molar-refractivity contribution in [1.29, 1.82) is 0 Å². The zero-order valence-electron chi connectivity index (χ0n) is 40.1. The lowest BCUT2D eigenvalue weighted by Gasteiger charge is -2.33. The molecule has 8 atom stereocenters. The van der Waals surface area contributed by atoms with E-state index in [2.05, 4.69) is 26.3 Å². The van der Waals surface area contributed by atoms with Crippen LogP contribution in [0.1, 0.15) is 61.7 Å². The minimum absolute atomic E-state index is 0.0657. The molecular formula is C51H54N10O10S. The maximum atomic E-state index is 12.1. The van der Waals surface area contributed by atoms with Crippen molar-refractivity contribution < 1.29 is 47.5 Å². The molecule has 0 bridgehead atoms. The number of aliphatic hydroxyl groups is 3. The fourth-order valence-corrected chi connectivity index (χ4v) is 12.1. The molecule has 1 spiro atoms. The Labute approximate surface area is 416 Å². The smallest absolute Gasteiger partial charge is 0.225 e. The van der Waals surface area contributed by atoms with Gasteiger partial charge in [-0.3, -0.25) is 4.98 Å². The van der Waals surface area contributed by atoms with Crippen LogP contribution in [0.5, 0.6) is 5.75 Å². The molecule has 7 aromatic heterocycles. The molecule has 3 saturated carbocycles. The number of rotatable bonds is 17.